The van der Waals surface area contributed by atoms with Crippen LogP contribution in [0.4, 0.5) is 0 Å². The first kappa shape index (κ1) is 10.4. The van der Waals surface area contributed by atoms with Gasteiger partial charge in [0.2, 0.25) is 0 Å². The molecule has 14 heavy (non-hydrogen) atoms. The van der Waals surface area contributed by atoms with Crippen molar-refractivity contribution >= 4 is 7.85 Å². The fraction of sp³-hybridized carbons (Fsp3) is 1.00. The molecule has 2 aliphatic rings. The predicted molar refractivity (Wildman–Crippen MR) is 50.4 cm³/mol. The normalized spacial score (nSPS) is 48.4. The van der Waals surface area contributed by atoms with Crippen molar-refractivity contribution in [3.8, 4) is 0 Å². The Hall–Kier alpha value is -0.0951. The summed E-state index contributed by atoms with van der Waals surface area (Å²) in [5.74, 6) is 0. The molecular formula is C9H15BO4. The Morgan fingerprint density at radius 3 is 2.71 bits per heavy atom. The van der Waals surface area contributed by atoms with E-state index in [9.17, 15) is 0 Å². The number of methoxy groups -OCH3 is 2. The molecule has 4 nitrogen and oxygen atoms in total. The second-order valence-corrected chi connectivity index (χ2v) is 3.85. The van der Waals surface area contributed by atoms with Gasteiger partial charge in [0.25, 0.3) is 0 Å². The number of ether oxygens (including phenoxy) is 4. The van der Waals surface area contributed by atoms with Gasteiger partial charge in [-0.1, -0.05) is 0 Å². The first-order chi connectivity index (χ1) is 6.65. The average Bonchev–Trinajstić information content (AvgIpc) is 2.68. The Morgan fingerprint density at radius 2 is 2.21 bits per heavy atom. The van der Waals surface area contributed by atoms with E-state index in [4.69, 9.17) is 26.8 Å². The summed E-state index contributed by atoms with van der Waals surface area (Å²) < 4.78 is 21.9. The van der Waals surface area contributed by atoms with Crippen LogP contribution in [0.5, 0.6) is 0 Å². The van der Waals surface area contributed by atoms with Gasteiger partial charge in [0.05, 0.1) is 12.7 Å². The van der Waals surface area contributed by atoms with E-state index in [1.54, 1.807) is 14.2 Å². The molecule has 2 fully saturated rings. The van der Waals surface area contributed by atoms with Crippen molar-refractivity contribution in [2.75, 3.05) is 20.8 Å². The molecule has 0 spiro atoms. The second kappa shape index (κ2) is 3.49. The lowest BCUT2D eigenvalue weighted by atomic mass is 9.89. The Morgan fingerprint density at radius 1 is 1.50 bits per heavy atom. The summed E-state index contributed by atoms with van der Waals surface area (Å²) in [5.41, 5.74) is -0.534. The quantitative estimate of drug-likeness (QED) is 0.583. The fourth-order valence-corrected chi connectivity index (χ4v) is 2.34. The Kier molecular flexibility index (Phi) is 2.60. The molecule has 5 heteroatoms. The van der Waals surface area contributed by atoms with E-state index in [0.29, 0.717) is 6.61 Å². The summed E-state index contributed by atoms with van der Waals surface area (Å²) in [6, 6.07) is -0.411. The molecule has 0 aromatic rings. The Bertz CT molecular complexity index is 225. The highest BCUT2D eigenvalue weighted by Crippen LogP contribution is 2.43. The third-order valence-electron chi connectivity index (χ3n) is 3.26. The largest absolute Gasteiger partial charge is 0.379 e. The molecule has 2 saturated heterocycles. The van der Waals surface area contributed by atoms with Gasteiger partial charge < -0.3 is 18.9 Å². The van der Waals surface area contributed by atoms with Crippen molar-refractivity contribution in [1.82, 2.24) is 0 Å². The lowest BCUT2D eigenvalue weighted by molar-refractivity contribution is -0.173. The van der Waals surface area contributed by atoms with Crippen molar-refractivity contribution in [2.45, 2.75) is 36.8 Å². The standard InChI is InChI=1S/C9H15BO4/c1-5(11-2)9-4-13-6(7(9)12-3)8(10)14-9/h5-8H,4H2,1-3H3/t5?,6?,7-,8-,9-/m1/s1. The van der Waals surface area contributed by atoms with Crippen LogP contribution in [-0.4, -0.2) is 58.6 Å². The zero-order chi connectivity index (χ0) is 10.3. The molecule has 2 rings (SSSR count). The maximum atomic E-state index is 5.78. The topological polar surface area (TPSA) is 36.9 Å². The molecule has 2 radical (unpaired) electrons. The van der Waals surface area contributed by atoms with E-state index < -0.39 is 11.6 Å². The van der Waals surface area contributed by atoms with Crippen LogP contribution in [0.3, 0.4) is 0 Å². The van der Waals surface area contributed by atoms with Gasteiger partial charge in [-0.2, -0.15) is 0 Å². The summed E-state index contributed by atoms with van der Waals surface area (Å²) in [4.78, 5) is 0. The lowest BCUT2D eigenvalue weighted by Crippen LogP contribution is -2.51. The molecule has 0 amide bonds. The van der Waals surface area contributed by atoms with Gasteiger partial charge in [-0.25, -0.2) is 0 Å². The smallest absolute Gasteiger partial charge is 0.145 e. The van der Waals surface area contributed by atoms with Crippen LogP contribution in [0.25, 0.3) is 0 Å². The van der Waals surface area contributed by atoms with Crippen LogP contribution in [-0.2, 0) is 18.9 Å². The summed E-state index contributed by atoms with van der Waals surface area (Å²) >= 11 is 0. The molecule has 0 aromatic carbocycles. The number of hydrogen-bond acceptors (Lipinski definition) is 4. The average molecular weight is 198 g/mol. The van der Waals surface area contributed by atoms with Gasteiger partial charge >= 0.3 is 0 Å². The molecule has 0 N–H and O–H groups in total. The van der Waals surface area contributed by atoms with E-state index in [1.165, 1.54) is 0 Å². The molecule has 2 heterocycles. The van der Waals surface area contributed by atoms with E-state index in [1.807, 2.05) is 6.92 Å². The summed E-state index contributed by atoms with van der Waals surface area (Å²) in [6.45, 7) is 2.43. The molecule has 78 valence electrons. The molecule has 0 saturated carbocycles. The summed E-state index contributed by atoms with van der Waals surface area (Å²) in [5, 5.41) is 0. The summed E-state index contributed by atoms with van der Waals surface area (Å²) in [7, 11) is 9.07. The monoisotopic (exact) mass is 198 g/mol. The van der Waals surface area contributed by atoms with Gasteiger partial charge in [0.1, 0.15) is 25.7 Å². The number of hydrogen-bond donors (Lipinski definition) is 0. The molecule has 5 atom stereocenters. The van der Waals surface area contributed by atoms with Crippen LogP contribution in [0, 0.1) is 0 Å². The predicted octanol–water partition coefficient (Wildman–Crippen LogP) is -0.301. The van der Waals surface area contributed by atoms with Crippen LogP contribution in [0.1, 0.15) is 6.92 Å². The van der Waals surface area contributed by atoms with Crippen LogP contribution in [0.15, 0.2) is 0 Å². The molecule has 2 aliphatic heterocycles. The highest BCUT2D eigenvalue weighted by molar-refractivity contribution is 6.11. The molecule has 2 bridgehead atoms. The third-order valence-corrected chi connectivity index (χ3v) is 3.26. The maximum absolute atomic E-state index is 5.78. The van der Waals surface area contributed by atoms with Crippen molar-refractivity contribution in [3.63, 3.8) is 0 Å². The van der Waals surface area contributed by atoms with Gasteiger partial charge in [-0.15, -0.1) is 0 Å². The van der Waals surface area contributed by atoms with E-state index >= 15 is 0 Å². The molecule has 0 aromatic heterocycles. The zero-order valence-electron chi connectivity index (χ0n) is 8.73. The Labute approximate surface area is 85.3 Å². The van der Waals surface area contributed by atoms with Crippen molar-refractivity contribution in [3.05, 3.63) is 0 Å². The minimum atomic E-state index is -0.534. The first-order valence-corrected chi connectivity index (χ1v) is 4.76. The first-order valence-electron chi connectivity index (χ1n) is 4.76. The van der Waals surface area contributed by atoms with E-state index in [-0.39, 0.29) is 18.3 Å². The van der Waals surface area contributed by atoms with Gasteiger partial charge in [-0.3, -0.25) is 0 Å². The van der Waals surface area contributed by atoms with E-state index in [0.717, 1.165) is 0 Å². The Balaban J connectivity index is 2.24. The summed E-state index contributed by atoms with van der Waals surface area (Å²) in [6.07, 6.45) is -0.393. The van der Waals surface area contributed by atoms with Crippen molar-refractivity contribution in [1.29, 1.82) is 0 Å². The lowest BCUT2D eigenvalue weighted by Gasteiger charge is -2.35. The number of fused-ring (bicyclic) bond motifs is 2. The van der Waals surface area contributed by atoms with Crippen molar-refractivity contribution in [2.24, 2.45) is 0 Å². The van der Waals surface area contributed by atoms with E-state index in [2.05, 4.69) is 0 Å². The van der Waals surface area contributed by atoms with Crippen LogP contribution in [0.2, 0.25) is 0 Å². The van der Waals surface area contributed by atoms with Crippen molar-refractivity contribution < 1.29 is 18.9 Å². The third kappa shape index (κ3) is 1.16. The molecular weight excluding hydrogens is 183 g/mol. The minimum Gasteiger partial charge on any atom is -0.379 e. The molecule has 2 unspecified atom stereocenters. The second-order valence-electron chi connectivity index (χ2n) is 3.85. The van der Waals surface area contributed by atoms with Crippen LogP contribution < -0.4 is 0 Å². The SMILES string of the molecule is [B][C@@H]1O[C@@]2(C(C)OC)COC1[C@H]2OC. The maximum Gasteiger partial charge on any atom is 0.145 e. The molecule has 0 aliphatic carbocycles. The van der Waals surface area contributed by atoms with Crippen LogP contribution >= 0.6 is 0 Å². The highest BCUT2D eigenvalue weighted by atomic mass is 16.7. The fourth-order valence-electron chi connectivity index (χ4n) is 2.34. The number of rotatable bonds is 3. The van der Waals surface area contributed by atoms with Gasteiger partial charge in [0, 0.05) is 20.2 Å². The highest BCUT2D eigenvalue weighted by Gasteiger charge is 2.62. The minimum absolute atomic E-state index is 0.0917. The van der Waals surface area contributed by atoms with Gasteiger partial charge in [0.15, 0.2) is 0 Å². The zero-order valence-corrected chi connectivity index (χ0v) is 8.73. The van der Waals surface area contributed by atoms with Gasteiger partial charge in [-0.05, 0) is 6.92 Å².